The molecule has 1 aromatic carbocycles. The number of aryl methyl sites for hydroxylation is 1. The molecule has 122 valence electrons. The van der Waals surface area contributed by atoms with E-state index in [9.17, 15) is 9.90 Å². The van der Waals surface area contributed by atoms with E-state index >= 15 is 0 Å². The topological polar surface area (TPSA) is 77.5 Å². The maximum absolute atomic E-state index is 11.3. The van der Waals surface area contributed by atoms with Crippen LogP contribution in [0.3, 0.4) is 0 Å². The van der Waals surface area contributed by atoms with E-state index in [2.05, 4.69) is 21.8 Å². The fourth-order valence-electron chi connectivity index (χ4n) is 2.48. The molecule has 1 unspecified atom stereocenters. The van der Waals surface area contributed by atoms with Gasteiger partial charge in [-0.1, -0.05) is 26.0 Å². The first-order chi connectivity index (χ1) is 11.1. The number of benzene rings is 1. The van der Waals surface area contributed by atoms with Gasteiger partial charge in [0.1, 0.15) is 6.17 Å². The minimum Gasteiger partial charge on any atom is -0.478 e. The molecule has 0 spiro atoms. The van der Waals surface area contributed by atoms with Crippen LogP contribution in [-0.2, 0) is 0 Å². The van der Waals surface area contributed by atoms with Gasteiger partial charge in [0.15, 0.2) is 0 Å². The molecular weight excluding hydrogens is 292 g/mol. The fraction of sp³-hybridized carbons (Fsp3) is 0.294. The number of hydrogen-bond acceptors (Lipinski definition) is 5. The number of carboxylic acid groups (broad SMARTS) is 1. The highest BCUT2D eigenvalue weighted by molar-refractivity contribution is 5.94. The highest BCUT2D eigenvalue weighted by Gasteiger charge is 2.26. The Morgan fingerprint density at radius 1 is 1.35 bits per heavy atom. The first-order valence-electron chi connectivity index (χ1n) is 7.60. The number of nitrogens with zero attached hydrogens (tertiary/aromatic N) is 2. The average Bonchev–Trinajstić information content (AvgIpc) is 2.85. The lowest BCUT2D eigenvalue weighted by molar-refractivity contribution is 0.0697. The van der Waals surface area contributed by atoms with Crippen molar-refractivity contribution < 1.29 is 9.90 Å². The summed E-state index contributed by atoms with van der Waals surface area (Å²) in [5.74, 6) is -0.976. The summed E-state index contributed by atoms with van der Waals surface area (Å²) in [7, 11) is 1.93. The number of aromatic carboxylic acids is 1. The first kappa shape index (κ1) is 16.8. The lowest BCUT2D eigenvalue weighted by Crippen LogP contribution is -2.34. The molecule has 6 nitrogen and oxygen atoms in total. The lowest BCUT2D eigenvalue weighted by atomic mass is 10.1. The molecule has 1 aliphatic rings. The standard InChI is InChI=1S/C15H16N4O2.C2H6/c1-9-3-4-11-13(7-9)19(2)18-14(11)17-12-8-16-6-5-10(12)15(20)21;1-2/h3-8,14,17-18H,1-2H3,(H,20,21);1-2H3. The second-order valence-electron chi connectivity index (χ2n) is 5.05. The zero-order valence-corrected chi connectivity index (χ0v) is 13.8. The van der Waals surface area contributed by atoms with E-state index in [1.54, 1.807) is 0 Å². The van der Waals surface area contributed by atoms with Crippen LogP contribution in [0.2, 0.25) is 0 Å². The summed E-state index contributed by atoms with van der Waals surface area (Å²) < 4.78 is 0. The highest BCUT2D eigenvalue weighted by atomic mass is 16.4. The summed E-state index contributed by atoms with van der Waals surface area (Å²) in [6.45, 7) is 6.04. The summed E-state index contributed by atoms with van der Waals surface area (Å²) in [5, 5.41) is 14.4. The highest BCUT2D eigenvalue weighted by Crippen LogP contribution is 2.33. The number of fused-ring (bicyclic) bond motifs is 1. The molecule has 0 radical (unpaired) electrons. The van der Waals surface area contributed by atoms with Crippen molar-refractivity contribution in [2.24, 2.45) is 0 Å². The summed E-state index contributed by atoms with van der Waals surface area (Å²) in [4.78, 5) is 15.2. The Labute approximate surface area is 136 Å². The molecule has 0 saturated carbocycles. The van der Waals surface area contributed by atoms with Gasteiger partial charge >= 0.3 is 5.97 Å². The Balaban J connectivity index is 0.000000924. The molecule has 2 heterocycles. The molecule has 0 bridgehead atoms. The van der Waals surface area contributed by atoms with Crippen LogP contribution in [0.15, 0.2) is 36.7 Å². The maximum Gasteiger partial charge on any atom is 0.337 e. The summed E-state index contributed by atoms with van der Waals surface area (Å²) in [6, 6.07) is 7.65. The van der Waals surface area contributed by atoms with Gasteiger partial charge < -0.3 is 15.4 Å². The van der Waals surface area contributed by atoms with E-state index in [1.807, 2.05) is 45.0 Å². The number of anilines is 2. The molecule has 3 N–H and O–H groups in total. The Bertz CT molecular complexity index is 703. The Morgan fingerprint density at radius 3 is 2.78 bits per heavy atom. The van der Waals surface area contributed by atoms with Gasteiger partial charge in [0.25, 0.3) is 0 Å². The van der Waals surface area contributed by atoms with Gasteiger partial charge in [0.2, 0.25) is 0 Å². The van der Waals surface area contributed by atoms with Gasteiger partial charge in [-0.3, -0.25) is 4.98 Å². The molecule has 1 atom stereocenters. The number of hydrogen-bond donors (Lipinski definition) is 3. The third-order valence-corrected chi connectivity index (χ3v) is 3.53. The third-order valence-electron chi connectivity index (χ3n) is 3.53. The molecule has 0 saturated heterocycles. The molecule has 1 aliphatic heterocycles. The molecule has 0 aliphatic carbocycles. The number of aromatic nitrogens is 1. The van der Waals surface area contributed by atoms with E-state index in [-0.39, 0.29) is 11.7 Å². The molecular formula is C17H22N4O2. The van der Waals surface area contributed by atoms with Crippen molar-refractivity contribution >= 4 is 17.3 Å². The molecule has 3 rings (SSSR count). The second-order valence-corrected chi connectivity index (χ2v) is 5.05. The van der Waals surface area contributed by atoms with Gasteiger partial charge in [-0.15, -0.1) is 0 Å². The molecule has 1 aromatic heterocycles. The number of carbonyl (C=O) groups is 1. The van der Waals surface area contributed by atoms with Crippen LogP contribution in [0.5, 0.6) is 0 Å². The number of hydrazine groups is 1. The monoisotopic (exact) mass is 314 g/mol. The molecule has 0 amide bonds. The minimum absolute atomic E-state index is 0.187. The van der Waals surface area contributed by atoms with Crippen LogP contribution in [0.4, 0.5) is 11.4 Å². The largest absolute Gasteiger partial charge is 0.478 e. The molecule has 6 heteroatoms. The van der Waals surface area contributed by atoms with Crippen molar-refractivity contribution in [3.05, 3.63) is 53.3 Å². The minimum atomic E-state index is -0.976. The van der Waals surface area contributed by atoms with Gasteiger partial charge in [-0.25, -0.2) is 10.2 Å². The maximum atomic E-state index is 11.3. The Hall–Kier alpha value is -2.60. The van der Waals surface area contributed by atoms with Crippen molar-refractivity contribution in [1.82, 2.24) is 10.4 Å². The summed E-state index contributed by atoms with van der Waals surface area (Å²) in [6.07, 6.45) is 2.81. The van der Waals surface area contributed by atoms with Gasteiger partial charge in [-0.05, 0) is 24.6 Å². The van der Waals surface area contributed by atoms with Crippen LogP contribution in [0.25, 0.3) is 0 Å². The predicted molar refractivity (Wildman–Crippen MR) is 91.6 cm³/mol. The fourth-order valence-corrected chi connectivity index (χ4v) is 2.48. The van der Waals surface area contributed by atoms with Crippen LogP contribution in [0.1, 0.15) is 41.5 Å². The average molecular weight is 314 g/mol. The summed E-state index contributed by atoms with van der Waals surface area (Å²) >= 11 is 0. The Kier molecular flexibility index (Phi) is 5.18. The zero-order chi connectivity index (χ0) is 17.0. The van der Waals surface area contributed by atoms with Gasteiger partial charge in [-0.2, -0.15) is 0 Å². The number of pyridine rings is 1. The van der Waals surface area contributed by atoms with E-state index in [0.717, 1.165) is 11.3 Å². The zero-order valence-electron chi connectivity index (χ0n) is 13.8. The van der Waals surface area contributed by atoms with Crippen LogP contribution in [0, 0.1) is 6.92 Å². The van der Waals surface area contributed by atoms with E-state index in [4.69, 9.17) is 0 Å². The van der Waals surface area contributed by atoms with Crippen LogP contribution >= 0.6 is 0 Å². The molecule has 0 fully saturated rings. The third kappa shape index (κ3) is 3.43. The van der Waals surface area contributed by atoms with Crippen molar-refractivity contribution in [2.75, 3.05) is 17.4 Å². The normalized spacial score (nSPS) is 15.5. The SMILES string of the molecule is CC.Cc1ccc2c(c1)N(C)NC2Nc1cnccc1C(=O)O. The van der Waals surface area contributed by atoms with Crippen molar-refractivity contribution in [2.45, 2.75) is 26.9 Å². The number of carboxylic acids is 1. The van der Waals surface area contributed by atoms with Gasteiger partial charge in [0, 0.05) is 18.8 Å². The smallest absolute Gasteiger partial charge is 0.337 e. The predicted octanol–water partition coefficient (Wildman–Crippen LogP) is 3.18. The van der Waals surface area contributed by atoms with E-state index in [0.29, 0.717) is 5.69 Å². The Morgan fingerprint density at radius 2 is 2.09 bits per heavy atom. The van der Waals surface area contributed by atoms with Crippen molar-refractivity contribution in [3.8, 4) is 0 Å². The quantitative estimate of drug-likeness (QED) is 0.808. The van der Waals surface area contributed by atoms with E-state index in [1.165, 1.54) is 24.0 Å². The summed E-state index contributed by atoms with van der Waals surface area (Å²) in [5.41, 5.74) is 7.28. The molecule has 2 aromatic rings. The van der Waals surface area contributed by atoms with Crippen LogP contribution < -0.4 is 15.8 Å². The lowest BCUT2D eigenvalue weighted by Gasteiger charge is -2.18. The number of rotatable bonds is 3. The van der Waals surface area contributed by atoms with E-state index < -0.39 is 5.97 Å². The second kappa shape index (κ2) is 7.11. The molecule has 23 heavy (non-hydrogen) atoms. The first-order valence-corrected chi connectivity index (χ1v) is 7.60. The van der Waals surface area contributed by atoms with Crippen LogP contribution in [-0.4, -0.2) is 23.1 Å². The number of nitrogens with one attached hydrogen (secondary N) is 2. The van der Waals surface area contributed by atoms with Crippen molar-refractivity contribution in [3.63, 3.8) is 0 Å². The van der Waals surface area contributed by atoms with Crippen molar-refractivity contribution in [1.29, 1.82) is 0 Å². The van der Waals surface area contributed by atoms with Gasteiger partial charge in [0.05, 0.1) is 23.1 Å².